The Bertz CT molecular complexity index is 374. The van der Waals surface area contributed by atoms with E-state index in [1.54, 1.807) is 0 Å². The van der Waals surface area contributed by atoms with E-state index in [0.29, 0.717) is 17.9 Å². The standard InChI is InChI=1S/C20H39NO3/c1-7-19-16(4)12-17(5)21(6)13-14(2)11-18(22)10-8-9-15(3)20(23)24-19/h14-19,22H,7-13H2,1-6H3/t14-,15?,16?,17?,18?,19-/m1/s1. The van der Waals surface area contributed by atoms with Crippen LogP contribution in [0.2, 0.25) is 0 Å². The van der Waals surface area contributed by atoms with E-state index in [4.69, 9.17) is 4.74 Å². The molecule has 6 atom stereocenters. The van der Waals surface area contributed by atoms with Crippen LogP contribution in [0.5, 0.6) is 0 Å². The molecule has 0 spiro atoms. The predicted octanol–water partition coefficient (Wildman–Crippen LogP) is 3.86. The molecule has 142 valence electrons. The molecular formula is C20H39NO3. The average Bonchev–Trinajstić information content (AvgIpc) is 2.50. The third-order valence-corrected chi connectivity index (χ3v) is 5.62. The number of rotatable bonds is 1. The summed E-state index contributed by atoms with van der Waals surface area (Å²) in [5, 5.41) is 10.2. The monoisotopic (exact) mass is 341 g/mol. The summed E-state index contributed by atoms with van der Waals surface area (Å²) in [6.07, 6.45) is 4.91. The molecule has 1 aliphatic heterocycles. The Morgan fingerprint density at radius 1 is 1.17 bits per heavy atom. The molecule has 1 aliphatic rings. The van der Waals surface area contributed by atoms with Gasteiger partial charge in [-0.15, -0.1) is 0 Å². The minimum Gasteiger partial charge on any atom is -0.462 e. The molecule has 0 bridgehead atoms. The summed E-state index contributed by atoms with van der Waals surface area (Å²) in [6.45, 7) is 11.7. The number of nitrogens with zero attached hydrogens (tertiary/aromatic N) is 1. The molecule has 0 aromatic carbocycles. The van der Waals surface area contributed by atoms with Gasteiger partial charge in [0, 0.05) is 12.6 Å². The minimum absolute atomic E-state index is 0.00365. The number of hydrogen-bond donors (Lipinski definition) is 1. The topological polar surface area (TPSA) is 49.8 Å². The van der Waals surface area contributed by atoms with Gasteiger partial charge in [-0.25, -0.2) is 0 Å². The van der Waals surface area contributed by atoms with Crippen LogP contribution in [0.15, 0.2) is 0 Å². The highest BCUT2D eigenvalue weighted by molar-refractivity contribution is 5.72. The zero-order chi connectivity index (χ0) is 18.3. The summed E-state index contributed by atoms with van der Waals surface area (Å²) in [7, 11) is 2.16. The van der Waals surface area contributed by atoms with Crippen LogP contribution in [0.4, 0.5) is 0 Å². The molecule has 0 aromatic rings. The fraction of sp³-hybridized carbons (Fsp3) is 0.950. The Morgan fingerprint density at radius 3 is 2.46 bits per heavy atom. The zero-order valence-corrected chi connectivity index (χ0v) is 16.6. The first kappa shape index (κ1) is 21.4. The van der Waals surface area contributed by atoms with Crippen molar-refractivity contribution in [3.8, 4) is 0 Å². The van der Waals surface area contributed by atoms with E-state index in [9.17, 15) is 9.90 Å². The normalized spacial score (nSPS) is 38.9. The third kappa shape index (κ3) is 7.10. The summed E-state index contributed by atoms with van der Waals surface area (Å²) in [5.74, 6) is 0.674. The van der Waals surface area contributed by atoms with Crippen molar-refractivity contribution < 1.29 is 14.6 Å². The van der Waals surface area contributed by atoms with Crippen molar-refractivity contribution in [3.05, 3.63) is 0 Å². The largest absolute Gasteiger partial charge is 0.462 e. The molecule has 1 fully saturated rings. The number of carbonyl (C=O) groups is 1. The molecular weight excluding hydrogens is 302 g/mol. The Hall–Kier alpha value is -0.610. The lowest BCUT2D eigenvalue weighted by Crippen LogP contribution is -2.37. The number of carbonyl (C=O) groups excluding carboxylic acids is 1. The van der Waals surface area contributed by atoms with E-state index in [1.807, 2.05) is 6.92 Å². The van der Waals surface area contributed by atoms with Crippen molar-refractivity contribution in [2.45, 2.75) is 91.4 Å². The second kappa shape index (κ2) is 10.4. The first-order valence-electron chi connectivity index (χ1n) is 9.83. The molecule has 24 heavy (non-hydrogen) atoms. The Morgan fingerprint density at radius 2 is 1.83 bits per heavy atom. The summed E-state index contributed by atoms with van der Waals surface area (Å²) < 4.78 is 5.81. The number of cyclic esters (lactones) is 1. The molecule has 0 aliphatic carbocycles. The van der Waals surface area contributed by atoms with Crippen molar-refractivity contribution >= 4 is 5.97 Å². The highest BCUT2D eigenvalue weighted by Gasteiger charge is 2.26. The average molecular weight is 342 g/mol. The van der Waals surface area contributed by atoms with Gasteiger partial charge >= 0.3 is 5.97 Å². The number of aliphatic hydroxyl groups excluding tert-OH is 1. The fourth-order valence-corrected chi connectivity index (χ4v) is 3.84. The maximum Gasteiger partial charge on any atom is 0.308 e. The maximum absolute atomic E-state index is 12.4. The number of aliphatic hydroxyl groups is 1. The van der Waals surface area contributed by atoms with Crippen LogP contribution in [-0.4, -0.2) is 47.8 Å². The van der Waals surface area contributed by atoms with E-state index in [2.05, 4.69) is 39.6 Å². The van der Waals surface area contributed by atoms with Gasteiger partial charge in [0.15, 0.2) is 0 Å². The van der Waals surface area contributed by atoms with Crippen LogP contribution in [-0.2, 0) is 9.53 Å². The maximum atomic E-state index is 12.4. The molecule has 0 saturated carbocycles. The summed E-state index contributed by atoms with van der Waals surface area (Å²) >= 11 is 0. The van der Waals surface area contributed by atoms with Crippen molar-refractivity contribution in [3.63, 3.8) is 0 Å². The van der Waals surface area contributed by atoms with E-state index in [-0.39, 0.29) is 24.1 Å². The van der Waals surface area contributed by atoms with Crippen LogP contribution >= 0.6 is 0 Å². The number of esters is 1. The molecule has 1 saturated heterocycles. The lowest BCUT2D eigenvalue weighted by molar-refractivity contribution is -0.156. The van der Waals surface area contributed by atoms with E-state index in [1.165, 1.54) is 0 Å². The number of hydrogen-bond acceptors (Lipinski definition) is 4. The zero-order valence-electron chi connectivity index (χ0n) is 16.6. The highest BCUT2D eigenvalue weighted by Crippen LogP contribution is 2.23. The SMILES string of the molecule is CC[C@H]1OC(=O)C(C)CCCC(O)C[C@@H](C)CN(C)C(C)CC1C. The van der Waals surface area contributed by atoms with Gasteiger partial charge in [-0.05, 0) is 57.9 Å². The second-order valence-electron chi connectivity index (χ2n) is 8.21. The van der Waals surface area contributed by atoms with Crippen LogP contribution in [0.3, 0.4) is 0 Å². The summed E-state index contributed by atoms with van der Waals surface area (Å²) in [6, 6.07) is 0.440. The molecule has 4 unspecified atom stereocenters. The Balaban J connectivity index is 2.82. The van der Waals surface area contributed by atoms with Crippen molar-refractivity contribution in [1.29, 1.82) is 0 Å². The van der Waals surface area contributed by atoms with Gasteiger partial charge in [0.05, 0.1) is 12.0 Å². The molecule has 1 rings (SSSR count). The third-order valence-electron chi connectivity index (χ3n) is 5.62. The van der Waals surface area contributed by atoms with Crippen LogP contribution < -0.4 is 0 Å². The molecule has 0 aromatic heterocycles. The molecule has 4 nitrogen and oxygen atoms in total. The Labute approximate surface area is 148 Å². The lowest BCUT2D eigenvalue weighted by atomic mass is 9.93. The van der Waals surface area contributed by atoms with E-state index >= 15 is 0 Å². The highest BCUT2D eigenvalue weighted by atomic mass is 16.5. The number of ether oxygens (including phenoxy) is 1. The molecule has 1 N–H and O–H groups in total. The molecule has 4 heteroatoms. The van der Waals surface area contributed by atoms with Gasteiger partial charge in [0.1, 0.15) is 6.10 Å². The van der Waals surface area contributed by atoms with Gasteiger partial charge in [-0.3, -0.25) is 4.79 Å². The first-order valence-corrected chi connectivity index (χ1v) is 9.83. The molecule has 0 amide bonds. The van der Waals surface area contributed by atoms with Crippen molar-refractivity contribution in [2.24, 2.45) is 17.8 Å². The van der Waals surface area contributed by atoms with Crippen LogP contribution in [0.1, 0.15) is 73.1 Å². The quantitative estimate of drug-likeness (QED) is 0.736. The van der Waals surface area contributed by atoms with Gasteiger partial charge < -0.3 is 14.7 Å². The van der Waals surface area contributed by atoms with Gasteiger partial charge in [-0.2, -0.15) is 0 Å². The second-order valence-corrected chi connectivity index (χ2v) is 8.21. The summed E-state index contributed by atoms with van der Waals surface area (Å²) in [4.78, 5) is 14.7. The smallest absolute Gasteiger partial charge is 0.308 e. The summed E-state index contributed by atoms with van der Waals surface area (Å²) in [5.41, 5.74) is 0. The van der Waals surface area contributed by atoms with Gasteiger partial charge in [0.25, 0.3) is 0 Å². The van der Waals surface area contributed by atoms with Crippen molar-refractivity contribution in [2.75, 3.05) is 13.6 Å². The van der Waals surface area contributed by atoms with E-state index < -0.39 is 0 Å². The minimum atomic E-state index is -0.264. The van der Waals surface area contributed by atoms with Crippen LogP contribution in [0.25, 0.3) is 0 Å². The van der Waals surface area contributed by atoms with E-state index in [0.717, 1.165) is 45.1 Å². The van der Waals surface area contributed by atoms with Crippen LogP contribution in [0, 0.1) is 17.8 Å². The Kier molecular flexibility index (Phi) is 9.28. The van der Waals surface area contributed by atoms with Gasteiger partial charge in [-0.1, -0.05) is 34.1 Å². The molecule has 0 radical (unpaired) electrons. The van der Waals surface area contributed by atoms with Crippen molar-refractivity contribution in [1.82, 2.24) is 4.90 Å². The fourth-order valence-electron chi connectivity index (χ4n) is 3.84. The first-order chi connectivity index (χ1) is 11.2. The predicted molar refractivity (Wildman–Crippen MR) is 98.8 cm³/mol. The lowest BCUT2D eigenvalue weighted by Gasteiger charge is -2.32. The molecule has 1 heterocycles. The van der Waals surface area contributed by atoms with Gasteiger partial charge in [0.2, 0.25) is 0 Å².